The Morgan fingerprint density at radius 1 is 1.00 bits per heavy atom. The van der Waals surface area contributed by atoms with Gasteiger partial charge in [0.25, 0.3) is 0 Å². The van der Waals surface area contributed by atoms with Crippen LogP contribution in [0.4, 0.5) is 4.79 Å². The van der Waals surface area contributed by atoms with Crippen LogP contribution in [0, 0.1) is 5.92 Å². The molecule has 24 heavy (non-hydrogen) atoms. The molecule has 2 heterocycles. The number of nitrogens with zero attached hydrogens (tertiary/aromatic N) is 1. The van der Waals surface area contributed by atoms with E-state index < -0.39 is 0 Å². The predicted molar refractivity (Wildman–Crippen MR) is 91.7 cm³/mol. The Balaban J connectivity index is 1.31. The van der Waals surface area contributed by atoms with Gasteiger partial charge in [-0.15, -0.1) is 0 Å². The second-order valence-electron chi connectivity index (χ2n) is 7.50. The Morgan fingerprint density at radius 3 is 2.42 bits per heavy atom. The fourth-order valence-electron chi connectivity index (χ4n) is 4.11. The van der Waals surface area contributed by atoms with Crippen molar-refractivity contribution in [3.63, 3.8) is 0 Å². The molecule has 6 heteroatoms. The van der Waals surface area contributed by atoms with E-state index in [1.54, 1.807) is 0 Å². The lowest BCUT2D eigenvalue weighted by Gasteiger charge is -2.32. The van der Waals surface area contributed by atoms with Crippen LogP contribution in [0.15, 0.2) is 0 Å². The topological polar surface area (TPSA) is 70.7 Å². The maximum Gasteiger partial charge on any atom is 0.317 e. The van der Waals surface area contributed by atoms with Crippen LogP contribution in [-0.2, 0) is 9.53 Å². The summed E-state index contributed by atoms with van der Waals surface area (Å²) in [7, 11) is 0. The molecule has 3 amide bonds. The highest BCUT2D eigenvalue weighted by atomic mass is 16.5. The van der Waals surface area contributed by atoms with Crippen molar-refractivity contribution in [1.82, 2.24) is 15.5 Å². The zero-order valence-electron chi connectivity index (χ0n) is 14.6. The highest BCUT2D eigenvalue weighted by Gasteiger charge is 2.26. The van der Waals surface area contributed by atoms with Gasteiger partial charge >= 0.3 is 6.03 Å². The van der Waals surface area contributed by atoms with Gasteiger partial charge in [-0.3, -0.25) is 4.79 Å². The number of urea groups is 1. The zero-order valence-corrected chi connectivity index (χ0v) is 14.6. The van der Waals surface area contributed by atoms with Gasteiger partial charge in [-0.2, -0.15) is 0 Å². The van der Waals surface area contributed by atoms with E-state index in [-0.39, 0.29) is 24.1 Å². The third-order valence-electron chi connectivity index (χ3n) is 5.60. The third-order valence-corrected chi connectivity index (χ3v) is 5.60. The molecule has 3 fully saturated rings. The molecule has 0 aromatic rings. The predicted octanol–water partition coefficient (Wildman–Crippen LogP) is 2.04. The number of rotatable bonds is 5. The Hall–Kier alpha value is -1.30. The molecular formula is C18H31N3O3. The molecule has 2 N–H and O–H groups in total. The number of likely N-dealkylation sites (tertiary alicyclic amines) is 1. The fourth-order valence-corrected chi connectivity index (χ4v) is 4.11. The van der Waals surface area contributed by atoms with Crippen molar-refractivity contribution in [2.75, 3.05) is 26.2 Å². The molecule has 0 bridgehead atoms. The quantitative estimate of drug-likeness (QED) is 0.806. The SMILES string of the molecule is O=C(CC1CCCC1)NC1CCN(C(=O)NC[C@H]2CCCO2)CC1. The van der Waals surface area contributed by atoms with Crippen LogP contribution in [0.5, 0.6) is 0 Å². The van der Waals surface area contributed by atoms with Gasteiger partial charge in [0, 0.05) is 38.7 Å². The Kier molecular flexibility index (Phi) is 6.35. The first-order valence-electron chi connectivity index (χ1n) is 9.64. The number of hydrogen-bond acceptors (Lipinski definition) is 3. The van der Waals surface area contributed by atoms with E-state index in [4.69, 9.17) is 4.74 Å². The molecule has 3 aliphatic rings. The van der Waals surface area contributed by atoms with Gasteiger partial charge in [0.15, 0.2) is 0 Å². The summed E-state index contributed by atoms with van der Waals surface area (Å²) in [5.74, 6) is 0.789. The van der Waals surface area contributed by atoms with Crippen LogP contribution < -0.4 is 10.6 Å². The first-order chi connectivity index (χ1) is 11.7. The van der Waals surface area contributed by atoms with Crippen molar-refractivity contribution < 1.29 is 14.3 Å². The highest BCUT2D eigenvalue weighted by molar-refractivity contribution is 5.77. The minimum absolute atomic E-state index is 0.00114. The van der Waals surface area contributed by atoms with Gasteiger partial charge in [-0.1, -0.05) is 12.8 Å². The van der Waals surface area contributed by atoms with Gasteiger partial charge in [0.2, 0.25) is 5.91 Å². The molecule has 1 saturated carbocycles. The number of nitrogens with one attached hydrogen (secondary N) is 2. The third kappa shape index (κ3) is 5.10. The average Bonchev–Trinajstić information content (AvgIpc) is 3.27. The Labute approximate surface area is 144 Å². The van der Waals surface area contributed by atoms with Gasteiger partial charge < -0.3 is 20.3 Å². The summed E-state index contributed by atoms with van der Waals surface area (Å²) in [5.41, 5.74) is 0. The lowest BCUT2D eigenvalue weighted by atomic mass is 10.0. The van der Waals surface area contributed by atoms with Crippen LogP contribution >= 0.6 is 0 Å². The van der Waals surface area contributed by atoms with Crippen molar-refractivity contribution in [2.24, 2.45) is 5.92 Å². The van der Waals surface area contributed by atoms with Crippen LogP contribution in [0.2, 0.25) is 0 Å². The van der Waals surface area contributed by atoms with E-state index in [2.05, 4.69) is 10.6 Å². The standard InChI is InChI=1S/C18H31N3O3/c22-17(12-14-4-1-2-5-14)20-15-7-9-21(10-8-15)18(23)19-13-16-6-3-11-24-16/h14-16H,1-13H2,(H,19,23)(H,20,22)/t16-/m1/s1. The van der Waals surface area contributed by atoms with E-state index in [1.165, 1.54) is 25.7 Å². The lowest BCUT2D eigenvalue weighted by molar-refractivity contribution is -0.122. The number of piperidine rings is 1. The molecule has 0 radical (unpaired) electrons. The number of hydrogen-bond donors (Lipinski definition) is 2. The van der Waals surface area contributed by atoms with E-state index in [0.29, 0.717) is 32.0 Å². The van der Waals surface area contributed by atoms with Crippen molar-refractivity contribution in [1.29, 1.82) is 0 Å². The van der Waals surface area contributed by atoms with Crippen LogP contribution in [-0.4, -0.2) is 55.2 Å². The van der Waals surface area contributed by atoms with E-state index in [9.17, 15) is 9.59 Å². The summed E-state index contributed by atoms with van der Waals surface area (Å²) >= 11 is 0. The maximum absolute atomic E-state index is 12.2. The lowest BCUT2D eigenvalue weighted by Crippen LogP contribution is -2.50. The molecule has 6 nitrogen and oxygen atoms in total. The highest BCUT2D eigenvalue weighted by Crippen LogP contribution is 2.27. The van der Waals surface area contributed by atoms with Crippen molar-refractivity contribution in [3.05, 3.63) is 0 Å². The summed E-state index contributed by atoms with van der Waals surface area (Å²) in [6, 6.07) is 0.224. The molecule has 2 aliphatic heterocycles. The summed E-state index contributed by atoms with van der Waals surface area (Å²) < 4.78 is 5.53. The van der Waals surface area contributed by atoms with Gasteiger partial charge in [0.1, 0.15) is 0 Å². The molecule has 2 saturated heterocycles. The number of carbonyl (C=O) groups excluding carboxylic acids is 2. The fraction of sp³-hybridized carbons (Fsp3) is 0.889. The summed E-state index contributed by atoms with van der Waals surface area (Å²) in [5, 5.41) is 6.14. The summed E-state index contributed by atoms with van der Waals surface area (Å²) in [6.07, 6.45) is 9.65. The van der Waals surface area contributed by atoms with Crippen molar-refractivity contribution >= 4 is 11.9 Å². The summed E-state index contributed by atoms with van der Waals surface area (Å²) in [6.45, 7) is 2.85. The van der Waals surface area contributed by atoms with E-state index in [0.717, 1.165) is 32.3 Å². The van der Waals surface area contributed by atoms with E-state index >= 15 is 0 Å². The molecule has 0 aromatic carbocycles. The van der Waals surface area contributed by atoms with Gasteiger partial charge in [-0.05, 0) is 44.4 Å². The first-order valence-corrected chi connectivity index (χ1v) is 9.64. The minimum Gasteiger partial charge on any atom is -0.376 e. The molecule has 0 spiro atoms. The monoisotopic (exact) mass is 337 g/mol. The van der Waals surface area contributed by atoms with Crippen molar-refractivity contribution in [2.45, 2.75) is 69.9 Å². The normalized spacial score (nSPS) is 25.8. The smallest absolute Gasteiger partial charge is 0.317 e. The second-order valence-corrected chi connectivity index (χ2v) is 7.50. The number of amides is 3. The maximum atomic E-state index is 12.2. The summed E-state index contributed by atoms with van der Waals surface area (Å²) in [4.78, 5) is 26.2. The molecular weight excluding hydrogens is 306 g/mol. The molecule has 1 aliphatic carbocycles. The molecule has 0 aromatic heterocycles. The van der Waals surface area contributed by atoms with Crippen LogP contribution in [0.1, 0.15) is 57.8 Å². The van der Waals surface area contributed by atoms with Gasteiger partial charge in [-0.25, -0.2) is 4.79 Å². The zero-order chi connectivity index (χ0) is 16.8. The number of ether oxygens (including phenoxy) is 1. The van der Waals surface area contributed by atoms with Gasteiger partial charge in [0.05, 0.1) is 6.10 Å². The average molecular weight is 337 g/mol. The van der Waals surface area contributed by atoms with Crippen LogP contribution in [0.3, 0.4) is 0 Å². The molecule has 0 unspecified atom stereocenters. The largest absolute Gasteiger partial charge is 0.376 e. The Bertz CT molecular complexity index is 423. The number of carbonyl (C=O) groups is 2. The molecule has 1 atom stereocenters. The first kappa shape index (κ1) is 17.5. The van der Waals surface area contributed by atoms with E-state index in [1.807, 2.05) is 4.90 Å². The van der Waals surface area contributed by atoms with Crippen LogP contribution in [0.25, 0.3) is 0 Å². The molecule has 136 valence electrons. The minimum atomic E-state index is 0.00114. The Morgan fingerprint density at radius 2 is 1.75 bits per heavy atom. The van der Waals surface area contributed by atoms with Crippen molar-refractivity contribution in [3.8, 4) is 0 Å². The second kappa shape index (κ2) is 8.70. The molecule has 3 rings (SSSR count).